The topological polar surface area (TPSA) is 81.9 Å². The minimum Gasteiger partial charge on any atom is -0.468 e. The van der Waals surface area contributed by atoms with Gasteiger partial charge in [-0.25, -0.2) is 13.4 Å². The van der Waals surface area contributed by atoms with E-state index in [4.69, 9.17) is 37.1 Å². The van der Waals surface area contributed by atoms with Crippen LogP contribution in [0.4, 0.5) is 0 Å². The fourth-order valence-corrected chi connectivity index (χ4v) is 4.52. The standard InChI is InChI=1S/C18H14Cl2N2O5S/c19-15-6-12(7-16-18(15)27-11-26-16)9-22(10-13-2-1-5-25-13)28(23,24)14-3-4-17(20)21-8-14/h1-8H,9-11H2. The van der Waals surface area contributed by atoms with Gasteiger partial charge in [0.05, 0.1) is 17.8 Å². The van der Waals surface area contributed by atoms with Crippen molar-refractivity contribution in [1.82, 2.24) is 9.29 Å². The zero-order valence-corrected chi connectivity index (χ0v) is 16.7. The fourth-order valence-electron chi connectivity index (χ4n) is 2.78. The van der Waals surface area contributed by atoms with Crippen LogP contribution >= 0.6 is 23.2 Å². The van der Waals surface area contributed by atoms with E-state index < -0.39 is 10.0 Å². The zero-order valence-electron chi connectivity index (χ0n) is 14.3. The maximum atomic E-state index is 13.2. The lowest BCUT2D eigenvalue weighted by Gasteiger charge is -2.21. The SMILES string of the molecule is O=S(=O)(c1ccc(Cl)nc1)N(Cc1cc(Cl)c2c(c1)OCO2)Cc1ccco1. The van der Waals surface area contributed by atoms with Crippen LogP contribution in [0.5, 0.6) is 11.5 Å². The van der Waals surface area contributed by atoms with Crippen LogP contribution in [0.15, 0.2) is 58.2 Å². The molecule has 0 unspecified atom stereocenters. The van der Waals surface area contributed by atoms with Crippen molar-refractivity contribution in [3.63, 3.8) is 0 Å². The number of fused-ring (bicyclic) bond motifs is 1. The van der Waals surface area contributed by atoms with Gasteiger partial charge in [-0.1, -0.05) is 23.2 Å². The summed E-state index contributed by atoms with van der Waals surface area (Å²) in [6.07, 6.45) is 2.71. The van der Waals surface area contributed by atoms with Gasteiger partial charge in [0, 0.05) is 12.7 Å². The van der Waals surface area contributed by atoms with E-state index in [1.165, 1.54) is 28.9 Å². The minimum atomic E-state index is -3.88. The second-order valence-corrected chi connectivity index (χ2v) is 8.71. The molecule has 7 nitrogen and oxygen atoms in total. The van der Waals surface area contributed by atoms with Crippen molar-refractivity contribution in [2.45, 2.75) is 18.0 Å². The molecule has 0 bridgehead atoms. The number of hydrogen-bond donors (Lipinski definition) is 0. The van der Waals surface area contributed by atoms with E-state index in [1.807, 2.05) is 0 Å². The first-order valence-electron chi connectivity index (χ1n) is 8.15. The Hall–Kier alpha value is -2.26. The van der Waals surface area contributed by atoms with Crippen molar-refractivity contribution in [1.29, 1.82) is 0 Å². The van der Waals surface area contributed by atoms with Crippen molar-refractivity contribution in [2.24, 2.45) is 0 Å². The Morgan fingerprint density at radius 1 is 1.11 bits per heavy atom. The Kier molecular flexibility index (Phi) is 5.20. The summed E-state index contributed by atoms with van der Waals surface area (Å²) in [6.45, 7) is 0.148. The molecule has 0 atom stereocenters. The van der Waals surface area contributed by atoms with Gasteiger partial charge in [0.1, 0.15) is 15.8 Å². The minimum absolute atomic E-state index is 0.0234. The molecule has 0 N–H and O–H groups in total. The number of sulfonamides is 1. The molecule has 0 saturated carbocycles. The van der Waals surface area contributed by atoms with Crippen LogP contribution < -0.4 is 9.47 Å². The van der Waals surface area contributed by atoms with Gasteiger partial charge in [0.25, 0.3) is 0 Å². The van der Waals surface area contributed by atoms with Crippen LogP contribution in [-0.4, -0.2) is 24.5 Å². The van der Waals surface area contributed by atoms with Crippen LogP contribution in [0.3, 0.4) is 0 Å². The van der Waals surface area contributed by atoms with E-state index in [1.54, 1.807) is 24.3 Å². The monoisotopic (exact) mass is 440 g/mol. The number of nitrogens with zero attached hydrogens (tertiary/aromatic N) is 2. The first-order valence-corrected chi connectivity index (χ1v) is 10.4. The number of pyridine rings is 1. The molecule has 0 fully saturated rings. The van der Waals surface area contributed by atoms with Crippen LogP contribution in [-0.2, 0) is 23.1 Å². The average Bonchev–Trinajstić information content (AvgIpc) is 3.33. The molecule has 0 amide bonds. The first kappa shape index (κ1) is 19.1. The number of aromatic nitrogens is 1. The number of ether oxygens (including phenoxy) is 2. The summed E-state index contributed by atoms with van der Waals surface area (Å²) in [5.74, 6) is 1.43. The summed E-state index contributed by atoms with van der Waals surface area (Å²) in [7, 11) is -3.88. The van der Waals surface area contributed by atoms with Gasteiger partial charge < -0.3 is 13.9 Å². The molecule has 1 aliphatic heterocycles. The highest BCUT2D eigenvalue weighted by Crippen LogP contribution is 2.40. The summed E-state index contributed by atoms with van der Waals surface area (Å²) >= 11 is 12.0. The molecule has 4 rings (SSSR count). The highest BCUT2D eigenvalue weighted by Gasteiger charge is 2.28. The van der Waals surface area contributed by atoms with E-state index in [-0.39, 0.29) is 29.9 Å². The normalized spacial score (nSPS) is 13.2. The Morgan fingerprint density at radius 3 is 2.68 bits per heavy atom. The quantitative estimate of drug-likeness (QED) is 0.536. The molecule has 1 aromatic carbocycles. The molecule has 3 aromatic rings. The summed E-state index contributed by atoms with van der Waals surface area (Å²) in [6, 6.07) is 9.60. The van der Waals surface area contributed by atoms with Crippen LogP contribution in [0.2, 0.25) is 10.2 Å². The maximum absolute atomic E-state index is 13.2. The molecule has 3 heterocycles. The Bertz CT molecular complexity index is 1090. The molecular weight excluding hydrogens is 427 g/mol. The van der Waals surface area contributed by atoms with E-state index in [0.29, 0.717) is 27.8 Å². The summed E-state index contributed by atoms with van der Waals surface area (Å²) in [5, 5.41) is 0.563. The summed E-state index contributed by atoms with van der Waals surface area (Å²) in [4.78, 5) is 3.90. The molecule has 0 saturated heterocycles. The first-order chi connectivity index (χ1) is 13.4. The second-order valence-electron chi connectivity index (χ2n) is 5.98. The molecule has 146 valence electrons. The van der Waals surface area contributed by atoms with Gasteiger partial charge in [-0.3, -0.25) is 0 Å². The van der Waals surface area contributed by atoms with Crippen molar-refractivity contribution >= 4 is 33.2 Å². The van der Waals surface area contributed by atoms with Gasteiger partial charge in [0.15, 0.2) is 11.5 Å². The number of benzene rings is 1. The number of rotatable bonds is 6. The largest absolute Gasteiger partial charge is 0.468 e. The maximum Gasteiger partial charge on any atom is 0.245 e. The summed E-state index contributed by atoms with van der Waals surface area (Å²) in [5.41, 5.74) is 0.645. The average molecular weight is 441 g/mol. The van der Waals surface area contributed by atoms with E-state index in [9.17, 15) is 8.42 Å². The number of halogens is 2. The van der Waals surface area contributed by atoms with E-state index in [0.717, 1.165) is 0 Å². The van der Waals surface area contributed by atoms with Gasteiger partial charge in [-0.2, -0.15) is 4.31 Å². The van der Waals surface area contributed by atoms with Crippen molar-refractivity contribution < 1.29 is 22.3 Å². The van der Waals surface area contributed by atoms with Gasteiger partial charge in [-0.15, -0.1) is 0 Å². The van der Waals surface area contributed by atoms with Crippen LogP contribution in [0.1, 0.15) is 11.3 Å². The molecule has 10 heteroatoms. The predicted octanol–water partition coefficient (Wildman–Crippen LogP) is 4.10. The van der Waals surface area contributed by atoms with Crippen molar-refractivity contribution in [3.8, 4) is 11.5 Å². The molecule has 28 heavy (non-hydrogen) atoms. The van der Waals surface area contributed by atoms with Crippen molar-refractivity contribution in [3.05, 3.63) is 70.4 Å². The molecule has 0 aliphatic carbocycles. The predicted molar refractivity (Wildman–Crippen MR) is 102 cm³/mol. The third kappa shape index (κ3) is 3.81. The molecule has 1 aliphatic rings. The van der Waals surface area contributed by atoms with E-state index >= 15 is 0 Å². The Morgan fingerprint density at radius 2 is 1.96 bits per heavy atom. The number of furan rings is 1. The van der Waals surface area contributed by atoms with Gasteiger partial charge in [-0.05, 0) is 42.0 Å². The Balaban J connectivity index is 1.70. The van der Waals surface area contributed by atoms with Crippen molar-refractivity contribution in [2.75, 3.05) is 6.79 Å². The molecule has 0 spiro atoms. The third-order valence-electron chi connectivity index (χ3n) is 4.10. The van der Waals surface area contributed by atoms with Crippen LogP contribution in [0.25, 0.3) is 0 Å². The summed E-state index contributed by atoms with van der Waals surface area (Å²) < 4.78 is 43.7. The lowest BCUT2D eigenvalue weighted by Crippen LogP contribution is -2.30. The second kappa shape index (κ2) is 7.63. The molecule has 2 aromatic heterocycles. The molecule has 0 radical (unpaired) electrons. The van der Waals surface area contributed by atoms with E-state index in [2.05, 4.69) is 4.98 Å². The fraction of sp³-hybridized carbons (Fsp3) is 0.167. The molecular formula is C18H14Cl2N2O5S. The number of hydrogen-bond acceptors (Lipinski definition) is 6. The van der Waals surface area contributed by atoms with Gasteiger partial charge in [0.2, 0.25) is 16.8 Å². The lowest BCUT2D eigenvalue weighted by molar-refractivity contribution is 0.174. The van der Waals surface area contributed by atoms with Crippen LogP contribution in [0, 0.1) is 0 Å². The Labute approximate surface area is 171 Å². The zero-order chi connectivity index (χ0) is 19.7. The lowest BCUT2D eigenvalue weighted by atomic mass is 10.2. The highest BCUT2D eigenvalue weighted by molar-refractivity contribution is 7.89. The smallest absolute Gasteiger partial charge is 0.245 e. The third-order valence-corrected chi connectivity index (χ3v) is 6.38. The van der Waals surface area contributed by atoms with Gasteiger partial charge >= 0.3 is 0 Å². The highest BCUT2D eigenvalue weighted by atomic mass is 35.5.